The normalized spacial score (nSPS) is 12.4. The van der Waals surface area contributed by atoms with Gasteiger partial charge in [-0.3, -0.25) is 0 Å². The highest BCUT2D eigenvalue weighted by molar-refractivity contribution is 7.91. The van der Waals surface area contributed by atoms with Gasteiger partial charge in [-0.25, -0.2) is 17.2 Å². The number of halogens is 5. The molecular weight excluding hydrogens is 425 g/mol. The average Bonchev–Trinajstić information content (AvgIpc) is 3.13. The first-order valence-corrected chi connectivity index (χ1v) is 10.0. The van der Waals surface area contributed by atoms with Gasteiger partial charge in [-0.05, 0) is 54.1 Å². The van der Waals surface area contributed by atoms with Crippen LogP contribution in [0.2, 0.25) is 0 Å². The van der Waals surface area contributed by atoms with Crippen LogP contribution in [0.5, 0.6) is 0 Å². The molecule has 0 unspecified atom stereocenters. The Morgan fingerprint density at radius 2 is 1.63 bits per heavy atom. The quantitative estimate of drug-likeness (QED) is 0.402. The number of rotatable bonds is 3. The number of sulfone groups is 1. The lowest BCUT2D eigenvalue weighted by Crippen LogP contribution is -2.08. The number of H-pyrrole nitrogens is 1. The van der Waals surface area contributed by atoms with Crippen molar-refractivity contribution in [2.45, 2.75) is 16.0 Å². The summed E-state index contributed by atoms with van der Waals surface area (Å²) in [6.45, 7) is 0. The third-order valence-corrected chi connectivity index (χ3v) is 6.44. The first kappa shape index (κ1) is 20.1. The fourth-order valence-corrected chi connectivity index (χ4v) is 4.64. The van der Waals surface area contributed by atoms with E-state index in [-0.39, 0.29) is 21.4 Å². The predicted molar refractivity (Wildman–Crippen MR) is 101 cm³/mol. The van der Waals surface area contributed by atoms with Crippen molar-refractivity contribution in [3.05, 3.63) is 84.1 Å². The summed E-state index contributed by atoms with van der Waals surface area (Å²) in [5, 5.41) is 0.147. The first-order valence-electron chi connectivity index (χ1n) is 8.56. The van der Waals surface area contributed by atoms with Gasteiger partial charge in [0, 0.05) is 22.7 Å². The lowest BCUT2D eigenvalue weighted by Gasteiger charge is -2.09. The Balaban J connectivity index is 1.88. The Labute approximate surface area is 167 Å². The molecule has 0 bridgehead atoms. The van der Waals surface area contributed by atoms with E-state index in [1.807, 2.05) is 0 Å². The van der Waals surface area contributed by atoms with Crippen molar-refractivity contribution in [3.8, 4) is 11.1 Å². The van der Waals surface area contributed by atoms with Gasteiger partial charge in [-0.1, -0.05) is 12.1 Å². The van der Waals surface area contributed by atoms with Gasteiger partial charge in [0.25, 0.3) is 0 Å². The molecule has 4 rings (SSSR count). The van der Waals surface area contributed by atoms with E-state index >= 15 is 0 Å². The van der Waals surface area contributed by atoms with Crippen molar-refractivity contribution in [2.24, 2.45) is 0 Å². The van der Waals surface area contributed by atoms with Gasteiger partial charge in [0.1, 0.15) is 11.6 Å². The minimum atomic E-state index is -4.70. The largest absolute Gasteiger partial charge is 0.416 e. The van der Waals surface area contributed by atoms with E-state index in [1.165, 1.54) is 18.2 Å². The molecule has 0 aliphatic heterocycles. The van der Waals surface area contributed by atoms with Crippen molar-refractivity contribution in [1.29, 1.82) is 0 Å². The highest BCUT2D eigenvalue weighted by Crippen LogP contribution is 2.35. The van der Waals surface area contributed by atoms with Crippen LogP contribution in [0.15, 0.2) is 76.7 Å². The summed E-state index contributed by atoms with van der Waals surface area (Å²) >= 11 is 0. The maximum Gasteiger partial charge on any atom is 0.416 e. The van der Waals surface area contributed by atoms with Crippen molar-refractivity contribution >= 4 is 20.7 Å². The van der Waals surface area contributed by atoms with E-state index in [0.29, 0.717) is 11.6 Å². The monoisotopic (exact) mass is 437 g/mol. The summed E-state index contributed by atoms with van der Waals surface area (Å²) in [6, 6.07) is 10.6. The van der Waals surface area contributed by atoms with Gasteiger partial charge in [0.2, 0.25) is 9.84 Å². The molecule has 3 nitrogen and oxygen atoms in total. The van der Waals surface area contributed by atoms with Crippen LogP contribution in [-0.4, -0.2) is 13.4 Å². The van der Waals surface area contributed by atoms with E-state index in [0.717, 1.165) is 42.6 Å². The van der Waals surface area contributed by atoms with Crippen LogP contribution in [0.3, 0.4) is 0 Å². The molecule has 0 saturated heterocycles. The number of nitrogens with one attached hydrogen (secondary N) is 1. The topological polar surface area (TPSA) is 49.9 Å². The van der Waals surface area contributed by atoms with Crippen LogP contribution in [0, 0.1) is 11.6 Å². The van der Waals surface area contributed by atoms with Gasteiger partial charge in [-0.15, -0.1) is 0 Å². The first-order chi connectivity index (χ1) is 14.1. The van der Waals surface area contributed by atoms with E-state index in [9.17, 15) is 30.4 Å². The molecule has 9 heteroatoms. The summed E-state index contributed by atoms with van der Waals surface area (Å²) in [7, 11) is -4.32. The fraction of sp³-hybridized carbons (Fsp3) is 0.0476. The molecule has 0 aliphatic rings. The minimum Gasteiger partial charge on any atom is -0.360 e. The fourth-order valence-electron chi connectivity index (χ4n) is 3.17. The Hall–Kier alpha value is -3.20. The molecule has 0 fully saturated rings. The molecular formula is C21H12F5NO2S. The van der Waals surface area contributed by atoms with Crippen LogP contribution in [0.1, 0.15) is 5.56 Å². The number of aromatic nitrogens is 1. The second kappa shape index (κ2) is 6.94. The molecule has 4 aromatic rings. The number of hydrogen-bond donors (Lipinski definition) is 1. The van der Waals surface area contributed by atoms with Crippen LogP contribution < -0.4 is 0 Å². The summed E-state index contributed by atoms with van der Waals surface area (Å²) in [5.41, 5.74) is -0.563. The lowest BCUT2D eigenvalue weighted by atomic mass is 10.0. The summed E-state index contributed by atoms with van der Waals surface area (Å²) in [5.74, 6) is -1.37. The smallest absolute Gasteiger partial charge is 0.360 e. The van der Waals surface area contributed by atoms with Crippen LogP contribution >= 0.6 is 0 Å². The predicted octanol–water partition coefficient (Wildman–Crippen LogP) is 5.96. The lowest BCUT2D eigenvalue weighted by molar-refractivity contribution is -0.137. The van der Waals surface area contributed by atoms with Gasteiger partial charge in [0.05, 0.1) is 15.4 Å². The standard InChI is InChI=1S/C21H12F5NO2S/c22-14-5-6-18(23)16(10-14)12-4-7-19-17(8-12)20(11-27-19)30(28,29)15-3-1-2-13(9-15)21(24,25)26/h1-11,27H. The third kappa shape index (κ3) is 3.45. The Morgan fingerprint density at radius 3 is 2.37 bits per heavy atom. The number of benzene rings is 3. The Kier molecular flexibility index (Phi) is 4.65. The molecule has 1 aromatic heterocycles. The Bertz CT molecular complexity index is 1370. The van der Waals surface area contributed by atoms with Crippen molar-refractivity contribution in [3.63, 3.8) is 0 Å². The van der Waals surface area contributed by atoms with Gasteiger partial charge in [0.15, 0.2) is 0 Å². The van der Waals surface area contributed by atoms with E-state index in [2.05, 4.69) is 4.98 Å². The van der Waals surface area contributed by atoms with Gasteiger partial charge < -0.3 is 4.98 Å². The molecule has 0 amide bonds. The zero-order chi connectivity index (χ0) is 21.7. The minimum absolute atomic E-state index is 0.0690. The van der Waals surface area contributed by atoms with Crippen LogP contribution in [0.4, 0.5) is 22.0 Å². The van der Waals surface area contributed by atoms with Gasteiger partial charge in [-0.2, -0.15) is 13.2 Å². The zero-order valence-corrected chi connectivity index (χ0v) is 15.8. The van der Waals surface area contributed by atoms with Crippen molar-refractivity contribution in [1.82, 2.24) is 4.98 Å². The third-order valence-electron chi connectivity index (χ3n) is 4.64. The Morgan fingerprint density at radius 1 is 0.867 bits per heavy atom. The second-order valence-electron chi connectivity index (χ2n) is 6.57. The van der Waals surface area contributed by atoms with Crippen molar-refractivity contribution in [2.75, 3.05) is 0 Å². The average molecular weight is 437 g/mol. The van der Waals surface area contributed by atoms with Crippen LogP contribution in [-0.2, 0) is 16.0 Å². The maximum atomic E-state index is 14.1. The summed E-state index contributed by atoms with van der Waals surface area (Å²) in [4.78, 5) is 1.95. The molecule has 3 aromatic carbocycles. The SMILES string of the molecule is O=S(=O)(c1cccc(C(F)(F)F)c1)c1c[nH]c2ccc(-c3cc(F)ccc3F)cc12. The summed E-state index contributed by atoms with van der Waals surface area (Å²) in [6.07, 6.45) is -3.54. The molecule has 1 N–H and O–H groups in total. The molecule has 1 heterocycles. The molecule has 30 heavy (non-hydrogen) atoms. The van der Waals surface area contributed by atoms with Crippen LogP contribution in [0.25, 0.3) is 22.0 Å². The van der Waals surface area contributed by atoms with E-state index in [1.54, 1.807) is 0 Å². The molecule has 154 valence electrons. The summed E-state index contributed by atoms with van der Waals surface area (Å²) < 4.78 is 92.7. The molecule has 0 atom stereocenters. The number of hydrogen-bond acceptors (Lipinski definition) is 2. The zero-order valence-electron chi connectivity index (χ0n) is 15.0. The molecule has 0 aliphatic carbocycles. The maximum absolute atomic E-state index is 14.1. The second-order valence-corrected chi connectivity index (χ2v) is 8.48. The number of aromatic amines is 1. The van der Waals surface area contributed by atoms with E-state index in [4.69, 9.17) is 0 Å². The van der Waals surface area contributed by atoms with Gasteiger partial charge >= 0.3 is 6.18 Å². The van der Waals surface area contributed by atoms with E-state index < -0.39 is 38.1 Å². The van der Waals surface area contributed by atoms with Crippen molar-refractivity contribution < 1.29 is 30.4 Å². The molecule has 0 saturated carbocycles. The number of fused-ring (bicyclic) bond motifs is 1. The molecule has 0 spiro atoms. The molecule has 0 radical (unpaired) electrons. The highest BCUT2D eigenvalue weighted by Gasteiger charge is 2.32. The highest BCUT2D eigenvalue weighted by atomic mass is 32.2. The number of alkyl halides is 3.